The van der Waals surface area contributed by atoms with E-state index >= 15 is 0 Å². The number of esters is 3. The molecule has 1 aromatic carbocycles. The van der Waals surface area contributed by atoms with Crippen LogP contribution in [-0.4, -0.2) is 52.4 Å². The van der Waals surface area contributed by atoms with Crippen molar-refractivity contribution in [2.75, 3.05) is 6.61 Å². The minimum absolute atomic E-state index is 0.131. The number of hydrogen-bond donors (Lipinski definition) is 0. The van der Waals surface area contributed by atoms with Crippen LogP contribution in [0.2, 0.25) is 5.02 Å². The molecule has 0 spiro atoms. The van der Waals surface area contributed by atoms with Gasteiger partial charge in [-0.1, -0.05) is 11.6 Å². The van der Waals surface area contributed by atoms with Crippen LogP contribution in [0, 0.1) is 5.82 Å². The number of nitrogens with zero attached hydrogens (tertiary/aromatic N) is 2. The predicted molar refractivity (Wildman–Crippen MR) is 96.4 cm³/mol. The van der Waals surface area contributed by atoms with Gasteiger partial charge in [0.1, 0.15) is 5.82 Å². The molecule has 1 fully saturated rings. The molecule has 2 heterocycles. The lowest BCUT2D eigenvalue weighted by Gasteiger charge is -2.40. The first-order valence-corrected chi connectivity index (χ1v) is 9.00. The van der Waals surface area contributed by atoms with E-state index in [-0.39, 0.29) is 11.6 Å². The van der Waals surface area contributed by atoms with Gasteiger partial charge in [0.25, 0.3) is 0 Å². The molecule has 2 aromatic rings. The first kappa shape index (κ1) is 21.0. The zero-order valence-corrected chi connectivity index (χ0v) is 16.5. The maximum absolute atomic E-state index is 13.7. The van der Waals surface area contributed by atoms with Gasteiger partial charge >= 0.3 is 17.9 Å². The quantitative estimate of drug-likeness (QED) is 0.538. The number of rotatable bonds is 4. The van der Waals surface area contributed by atoms with E-state index in [9.17, 15) is 18.8 Å². The largest absolute Gasteiger partial charge is 0.456 e. The molecule has 9 nitrogen and oxygen atoms in total. The molecule has 4 atom stereocenters. The summed E-state index contributed by atoms with van der Waals surface area (Å²) in [6, 6.07) is 2.51. The fraction of sp³-hybridized carbons (Fsp3) is 0.444. The zero-order chi connectivity index (χ0) is 21.3. The molecule has 1 saturated heterocycles. The number of carbonyl (C=O) groups is 3. The highest BCUT2D eigenvalue weighted by Crippen LogP contribution is 2.33. The van der Waals surface area contributed by atoms with Gasteiger partial charge in [-0.25, -0.2) is 9.37 Å². The van der Waals surface area contributed by atoms with Crippen LogP contribution >= 0.6 is 11.6 Å². The van der Waals surface area contributed by atoms with Crippen LogP contribution in [-0.2, 0) is 33.3 Å². The van der Waals surface area contributed by atoms with Crippen molar-refractivity contribution in [3.63, 3.8) is 0 Å². The number of imidazole rings is 1. The summed E-state index contributed by atoms with van der Waals surface area (Å²) < 4.78 is 36.9. The number of aromatic nitrogens is 2. The third-order valence-electron chi connectivity index (χ3n) is 4.21. The standard InChI is InChI=1S/C18H18ClFN2O7/c1-8(23)27-15-6-26-18(17(29-10(3)25)16(15)28-9(2)24)22-7-21-13-5-12(20)11(19)4-14(13)22/h4-5,7,15-18H,6H2,1-3H3/t15-,16-,17-,18-/m1/s1. The lowest BCUT2D eigenvalue weighted by atomic mass is 10.0. The van der Waals surface area contributed by atoms with Crippen LogP contribution in [0.25, 0.3) is 11.0 Å². The fourth-order valence-electron chi connectivity index (χ4n) is 3.19. The first-order chi connectivity index (χ1) is 13.7. The van der Waals surface area contributed by atoms with Crippen molar-refractivity contribution in [3.8, 4) is 0 Å². The van der Waals surface area contributed by atoms with Gasteiger partial charge < -0.3 is 23.5 Å². The number of hydrogen-bond acceptors (Lipinski definition) is 8. The Morgan fingerprint density at radius 3 is 2.34 bits per heavy atom. The molecule has 11 heteroatoms. The molecule has 0 radical (unpaired) electrons. The number of fused-ring (bicyclic) bond motifs is 1. The Bertz CT molecular complexity index is 963. The third-order valence-corrected chi connectivity index (χ3v) is 4.50. The van der Waals surface area contributed by atoms with E-state index < -0.39 is 48.3 Å². The second-order valence-corrected chi connectivity index (χ2v) is 6.83. The lowest BCUT2D eigenvalue weighted by molar-refractivity contribution is -0.239. The number of benzene rings is 1. The highest BCUT2D eigenvalue weighted by Gasteiger charge is 2.48. The SMILES string of the molecule is CC(=O)O[C@@H]1[C@H](OC(C)=O)[C@H](OC(C)=O)CO[C@H]1n1cnc2cc(F)c(Cl)cc21. The molecular weight excluding hydrogens is 411 g/mol. The topological polar surface area (TPSA) is 106 Å². The van der Waals surface area contributed by atoms with Crippen LogP contribution in [0.4, 0.5) is 4.39 Å². The van der Waals surface area contributed by atoms with Crippen LogP contribution in [0.1, 0.15) is 27.0 Å². The van der Waals surface area contributed by atoms with E-state index in [1.807, 2.05) is 0 Å². The Morgan fingerprint density at radius 1 is 1.10 bits per heavy atom. The molecule has 29 heavy (non-hydrogen) atoms. The predicted octanol–water partition coefficient (Wildman–Crippen LogP) is 2.15. The summed E-state index contributed by atoms with van der Waals surface area (Å²) in [5.41, 5.74) is 0.703. The maximum Gasteiger partial charge on any atom is 0.303 e. The Morgan fingerprint density at radius 2 is 1.72 bits per heavy atom. The second kappa shape index (κ2) is 8.34. The molecule has 0 N–H and O–H groups in total. The summed E-state index contributed by atoms with van der Waals surface area (Å²) in [6.07, 6.45) is -2.93. The van der Waals surface area contributed by atoms with Crippen LogP contribution in [0.5, 0.6) is 0 Å². The van der Waals surface area contributed by atoms with E-state index in [1.165, 1.54) is 37.7 Å². The van der Waals surface area contributed by atoms with Gasteiger partial charge in [-0.2, -0.15) is 0 Å². The summed E-state index contributed by atoms with van der Waals surface area (Å²) >= 11 is 5.89. The van der Waals surface area contributed by atoms with Crippen molar-refractivity contribution < 1.29 is 37.7 Å². The molecule has 0 aliphatic carbocycles. The normalized spacial score (nSPS) is 24.2. The van der Waals surface area contributed by atoms with Gasteiger partial charge in [-0.3, -0.25) is 14.4 Å². The molecule has 1 aliphatic rings. The zero-order valence-electron chi connectivity index (χ0n) is 15.8. The van der Waals surface area contributed by atoms with E-state index in [0.717, 1.165) is 6.07 Å². The molecular formula is C18H18ClFN2O7. The third kappa shape index (κ3) is 4.48. The number of carbonyl (C=O) groups excluding carboxylic acids is 3. The molecule has 3 rings (SSSR count). The Hall–Kier alpha value is -2.72. The highest BCUT2D eigenvalue weighted by molar-refractivity contribution is 6.31. The minimum Gasteiger partial charge on any atom is -0.456 e. The van der Waals surface area contributed by atoms with Crippen LogP contribution < -0.4 is 0 Å². The highest BCUT2D eigenvalue weighted by atomic mass is 35.5. The van der Waals surface area contributed by atoms with Crippen molar-refractivity contribution >= 4 is 40.5 Å². The van der Waals surface area contributed by atoms with Gasteiger partial charge in [0.2, 0.25) is 0 Å². The van der Waals surface area contributed by atoms with Gasteiger partial charge in [-0.15, -0.1) is 0 Å². The minimum atomic E-state index is -1.17. The van der Waals surface area contributed by atoms with Gasteiger partial charge in [0.15, 0.2) is 24.5 Å². The van der Waals surface area contributed by atoms with Gasteiger partial charge in [0, 0.05) is 26.8 Å². The van der Waals surface area contributed by atoms with Gasteiger partial charge in [0.05, 0.1) is 29.0 Å². The maximum atomic E-state index is 13.7. The average molecular weight is 429 g/mol. The Labute approximate surface area is 169 Å². The van der Waals surface area contributed by atoms with Crippen molar-refractivity contribution in [2.45, 2.75) is 45.3 Å². The van der Waals surface area contributed by atoms with Crippen LogP contribution in [0.3, 0.4) is 0 Å². The summed E-state index contributed by atoms with van der Waals surface area (Å²) in [5, 5.41) is -0.131. The molecule has 0 unspecified atom stereocenters. The Kier molecular flexibility index (Phi) is 6.04. The van der Waals surface area contributed by atoms with Crippen molar-refractivity contribution in [3.05, 3.63) is 29.3 Å². The molecule has 1 aliphatic heterocycles. The fourth-order valence-corrected chi connectivity index (χ4v) is 3.34. The summed E-state index contributed by atoms with van der Waals surface area (Å²) in [5.74, 6) is -2.59. The summed E-state index contributed by atoms with van der Waals surface area (Å²) in [6.45, 7) is 3.40. The van der Waals surface area contributed by atoms with Crippen molar-refractivity contribution in [2.24, 2.45) is 0 Å². The smallest absolute Gasteiger partial charge is 0.303 e. The second-order valence-electron chi connectivity index (χ2n) is 6.43. The molecule has 0 saturated carbocycles. The Balaban J connectivity index is 2.05. The first-order valence-electron chi connectivity index (χ1n) is 8.62. The molecule has 1 aromatic heterocycles. The van der Waals surface area contributed by atoms with E-state index in [2.05, 4.69) is 4.98 Å². The van der Waals surface area contributed by atoms with Crippen LogP contribution in [0.15, 0.2) is 18.5 Å². The summed E-state index contributed by atoms with van der Waals surface area (Å²) in [7, 11) is 0. The van der Waals surface area contributed by atoms with Crippen molar-refractivity contribution in [1.29, 1.82) is 0 Å². The monoisotopic (exact) mass is 428 g/mol. The van der Waals surface area contributed by atoms with E-state index in [4.69, 9.17) is 30.5 Å². The number of halogens is 2. The lowest BCUT2D eigenvalue weighted by Crippen LogP contribution is -2.55. The van der Waals surface area contributed by atoms with E-state index in [0.29, 0.717) is 11.0 Å². The molecule has 0 bridgehead atoms. The van der Waals surface area contributed by atoms with Crippen molar-refractivity contribution in [1.82, 2.24) is 9.55 Å². The number of ether oxygens (including phenoxy) is 4. The molecule has 0 amide bonds. The molecule has 156 valence electrons. The van der Waals surface area contributed by atoms with Gasteiger partial charge in [-0.05, 0) is 6.07 Å². The average Bonchev–Trinajstić information content (AvgIpc) is 2.99. The van der Waals surface area contributed by atoms with E-state index in [1.54, 1.807) is 0 Å². The summed E-state index contributed by atoms with van der Waals surface area (Å²) in [4.78, 5) is 38.9.